The molecule has 7 nitrogen and oxygen atoms in total. The summed E-state index contributed by atoms with van der Waals surface area (Å²) in [6.07, 6.45) is 1.75. The van der Waals surface area contributed by atoms with Crippen LogP contribution in [0.15, 0.2) is 11.0 Å². The first-order chi connectivity index (χ1) is 8.99. The molecule has 8 heteroatoms. The topological polar surface area (TPSA) is 108 Å². The zero-order valence-corrected chi connectivity index (χ0v) is 10.5. The van der Waals surface area contributed by atoms with Gasteiger partial charge in [-0.15, -0.1) is 6.42 Å². The summed E-state index contributed by atoms with van der Waals surface area (Å²) < 4.78 is 6.35. The lowest BCUT2D eigenvalue weighted by Crippen LogP contribution is -2.36. The van der Waals surface area contributed by atoms with E-state index < -0.39 is 36.8 Å². The van der Waals surface area contributed by atoms with Crippen molar-refractivity contribution < 1.29 is 20.1 Å². The molecule has 1 aromatic heterocycles. The summed E-state index contributed by atoms with van der Waals surface area (Å²) in [4.78, 5) is 14.1. The van der Waals surface area contributed by atoms with Gasteiger partial charge in [0.1, 0.15) is 23.0 Å². The normalized spacial score (nSPS) is 30.2. The molecule has 1 saturated heterocycles. The lowest BCUT2D eigenvalue weighted by atomic mass is 10.1. The zero-order valence-electron chi connectivity index (χ0n) is 9.68. The van der Waals surface area contributed by atoms with Crippen molar-refractivity contribution in [2.75, 3.05) is 6.61 Å². The van der Waals surface area contributed by atoms with E-state index >= 15 is 0 Å². The van der Waals surface area contributed by atoms with Gasteiger partial charge in [0.05, 0.1) is 12.2 Å². The van der Waals surface area contributed by atoms with E-state index in [9.17, 15) is 15.0 Å². The van der Waals surface area contributed by atoms with Gasteiger partial charge in [-0.25, -0.2) is 4.79 Å². The molecule has 1 fully saturated rings. The van der Waals surface area contributed by atoms with E-state index in [1.165, 1.54) is 6.20 Å². The minimum atomic E-state index is -1.36. The maximum Gasteiger partial charge on any atom is 0.328 e. The predicted molar refractivity (Wildman–Crippen MR) is 66.8 cm³/mol. The highest BCUT2D eigenvalue weighted by molar-refractivity contribution is 7.71. The highest BCUT2D eigenvalue weighted by Crippen LogP contribution is 2.28. The quantitative estimate of drug-likeness (QED) is 0.389. The Morgan fingerprint density at radius 1 is 1.53 bits per heavy atom. The van der Waals surface area contributed by atoms with E-state index in [4.69, 9.17) is 28.5 Å². The van der Waals surface area contributed by atoms with Crippen LogP contribution in [0.25, 0.3) is 0 Å². The molecule has 19 heavy (non-hydrogen) atoms. The molecule has 1 aliphatic heterocycles. The van der Waals surface area contributed by atoms with E-state index in [1.54, 1.807) is 0 Å². The molecular weight excluding hydrogens is 272 g/mol. The van der Waals surface area contributed by atoms with Crippen molar-refractivity contribution in [1.82, 2.24) is 9.55 Å². The van der Waals surface area contributed by atoms with Crippen LogP contribution < -0.4 is 5.69 Å². The molecular formula is C11H12N2O5S. The van der Waals surface area contributed by atoms with Crippen molar-refractivity contribution in [2.24, 2.45) is 0 Å². The van der Waals surface area contributed by atoms with E-state index in [1.807, 2.05) is 0 Å². The Balaban J connectivity index is 2.46. The summed E-state index contributed by atoms with van der Waals surface area (Å²) in [6.45, 7) is -0.478. The molecule has 0 saturated carbocycles. The third-order valence-corrected chi connectivity index (χ3v) is 3.24. The number of terminal acetylenes is 1. The molecule has 0 aromatic carbocycles. The third-order valence-electron chi connectivity index (χ3n) is 2.91. The number of aliphatic hydroxyl groups is 3. The molecule has 1 aliphatic rings. The van der Waals surface area contributed by atoms with Crippen LogP contribution in [-0.2, 0) is 4.74 Å². The molecule has 1 aromatic rings. The fourth-order valence-electron chi connectivity index (χ4n) is 1.89. The standard InChI is InChI=1S/C11H12N2O5S/c1-2-5-3-13(11(17)12-9(5)19)10-8(16)7(15)6(4-14)18-10/h1,3,6-8,10,14-16H,4H2,(H,12,17,19)/t6-,7?,8?,10-/m0/s1. The second-order valence-corrected chi connectivity index (χ2v) is 4.49. The fourth-order valence-corrected chi connectivity index (χ4v) is 2.09. The van der Waals surface area contributed by atoms with Crippen LogP contribution in [0.3, 0.4) is 0 Å². The van der Waals surface area contributed by atoms with E-state index in [0.29, 0.717) is 0 Å². The van der Waals surface area contributed by atoms with Gasteiger partial charge in [0, 0.05) is 6.20 Å². The monoisotopic (exact) mass is 284 g/mol. The van der Waals surface area contributed by atoms with Crippen LogP contribution >= 0.6 is 12.2 Å². The smallest absolute Gasteiger partial charge is 0.328 e. The first-order valence-electron chi connectivity index (χ1n) is 5.44. The fraction of sp³-hybridized carbons (Fsp3) is 0.455. The number of aromatic nitrogens is 2. The predicted octanol–water partition coefficient (Wildman–Crippen LogP) is -1.50. The van der Waals surface area contributed by atoms with Crippen molar-refractivity contribution in [3.63, 3.8) is 0 Å². The summed E-state index contributed by atoms with van der Waals surface area (Å²) in [6, 6.07) is 0. The first-order valence-corrected chi connectivity index (χ1v) is 5.85. The van der Waals surface area contributed by atoms with E-state index in [2.05, 4.69) is 10.9 Å². The average molecular weight is 284 g/mol. The van der Waals surface area contributed by atoms with Crippen LogP contribution in [0.4, 0.5) is 0 Å². The van der Waals surface area contributed by atoms with E-state index in [-0.39, 0.29) is 10.2 Å². The molecule has 2 rings (SSSR count). The number of ether oxygens (including phenoxy) is 1. The Bertz CT molecular complexity index is 631. The number of nitrogens with zero attached hydrogens (tertiary/aromatic N) is 1. The Morgan fingerprint density at radius 3 is 2.74 bits per heavy atom. The second kappa shape index (κ2) is 5.24. The van der Waals surface area contributed by atoms with Crippen LogP contribution in [0.2, 0.25) is 0 Å². The van der Waals surface area contributed by atoms with E-state index in [0.717, 1.165) is 4.57 Å². The Morgan fingerprint density at radius 2 is 2.21 bits per heavy atom. The Labute approximate surface area is 113 Å². The largest absolute Gasteiger partial charge is 0.394 e. The van der Waals surface area contributed by atoms with Gasteiger partial charge in [0.25, 0.3) is 0 Å². The number of hydrogen-bond acceptors (Lipinski definition) is 6. The molecule has 0 amide bonds. The molecule has 0 aliphatic carbocycles. The van der Waals surface area contributed by atoms with Gasteiger partial charge in [-0.1, -0.05) is 18.1 Å². The SMILES string of the molecule is C#Cc1cn([C@H]2O[C@@H](CO)C(O)C2O)c(=O)[nH]c1=S. The summed E-state index contributed by atoms with van der Waals surface area (Å²) in [5.41, 5.74) is -0.369. The molecule has 102 valence electrons. The summed E-state index contributed by atoms with van der Waals surface area (Å²) in [5, 5.41) is 28.5. The number of H-pyrrole nitrogens is 1. The van der Waals surface area contributed by atoms with Gasteiger partial charge < -0.3 is 20.1 Å². The Kier molecular flexibility index (Phi) is 3.84. The van der Waals surface area contributed by atoms with Gasteiger partial charge in [-0.05, 0) is 0 Å². The summed E-state index contributed by atoms with van der Waals surface area (Å²) in [5.74, 6) is 2.29. The van der Waals surface area contributed by atoms with Gasteiger partial charge in [0.15, 0.2) is 6.23 Å². The molecule has 2 unspecified atom stereocenters. The van der Waals surface area contributed by atoms with Gasteiger partial charge >= 0.3 is 5.69 Å². The molecule has 0 spiro atoms. The summed E-state index contributed by atoms with van der Waals surface area (Å²) >= 11 is 4.87. The van der Waals surface area contributed by atoms with Gasteiger partial charge in [0.2, 0.25) is 0 Å². The third kappa shape index (κ3) is 2.34. The van der Waals surface area contributed by atoms with Crippen molar-refractivity contribution in [3.8, 4) is 12.3 Å². The van der Waals surface area contributed by atoms with Crippen LogP contribution in [0, 0.1) is 17.0 Å². The van der Waals surface area contributed by atoms with Crippen molar-refractivity contribution in [1.29, 1.82) is 0 Å². The molecule has 0 bridgehead atoms. The van der Waals surface area contributed by atoms with Crippen LogP contribution in [0.1, 0.15) is 11.8 Å². The average Bonchev–Trinajstić information content (AvgIpc) is 2.67. The lowest BCUT2D eigenvalue weighted by molar-refractivity contribution is -0.0550. The van der Waals surface area contributed by atoms with Crippen LogP contribution in [0.5, 0.6) is 0 Å². The summed E-state index contributed by atoms with van der Waals surface area (Å²) in [7, 11) is 0. The molecule has 4 N–H and O–H groups in total. The molecule has 4 atom stereocenters. The lowest BCUT2D eigenvalue weighted by Gasteiger charge is -2.17. The molecule has 2 heterocycles. The highest BCUT2D eigenvalue weighted by atomic mass is 32.1. The first kappa shape index (κ1) is 13.9. The van der Waals surface area contributed by atoms with Crippen LogP contribution in [-0.4, -0.2) is 49.8 Å². The second-order valence-electron chi connectivity index (χ2n) is 4.08. The minimum absolute atomic E-state index is 0.107. The number of hydrogen-bond donors (Lipinski definition) is 4. The van der Waals surface area contributed by atoms with Gasteiger partial charge in [-0.2, -0.15) is 0 Å². The maximum atomic E-state index is 11.8. The molecule has 0 radical (unpaired) electrons. The zero-order chi connectivity index (χ0) is 14.2. The number of nitrogens with one attached hydrogen (secondary N) is 1. The highest BCUT2D eigenvalue weighted by Gasteiger charge is 2.43. The van der Waals surface area contributed by atoms with Crippen molar-refractivity contribution >= 4 is 12.2 Å². The minimum Gasteiger partial charge on any atom is -0.394 e. The maximum absolute atomic E-state index is 11.8. The number of rotatable bonds is 2. The van der Waals surface area contributed by atoms with Gasteiger partial charge in [-0.3, -0.25) is 9.55 Å². The van der Waals surface area contributed by atoms with Crippen molar-refractivity contribution in [2.45, 2.75) is 24.5 Å². The Hall–Kier alpha value is -1.50. The number of aromatic amines is 1. The van der Waals surface area contributed by atoms with Crippen molar-refractivity contribution in [3.05, 3.63) is 26.9 Å². The number of aliphatic hydroxyl groups excluding tert-OH is 3.